The third kappa shape index (κ3) is 5.18. The lowest BCUT2D eigenvalue weighted by Crippen LogP contribution is -2.10. The second-order valence-corrected chi connectivity index (χ2v) is 5.71. The molecule has 4 nitrogen and oxygen atoms in total. The molecule has 3 rings (SSSR count). The van der Waals surface area contributed by atoms with Crippen molar-refractivity contribution in [2.24, 2.45) is 0 Å². The molecule has 0 heterocycles. The fourth-order valence-corrected chi connectivity index (χ4v) is 2.51. The molecule has 0 atom stereocenters. The van der Waals surface area contributed by atoms with Crippen LogP contribution in [-0.2, 0) is 6.54 Å². The van der Waals surface area contributed by atoms with E-state index in [2.05, 4.69) is 5.32 Å². The molecule has 0 unspecified atom stereocenters. The lowest BCUT2D eigenvalue weighted by atomic mass is 10.2. The van der Waals surface area contributed by atoms with Crippen LogP contribution < -0.4 is 19.5 Å². The number of nitrogens with one attached hydrogen (secondary N) is 1. The summed E-state index contributed by atoms with van der Waals surface area (Å²) in [5, 5.41) is 3.42. The van der Waals surface area contributed by atoms with Gasteiger partial charge in [0.15, 0.2) is 0 Å². The number of rotatable bonds is 9. The molecule has 0 saturated carbocycles. The largest absolute Gasteiger partial charge is 0.497 e. The highest BCUT2D eigenvalue weighted by atomic mass is 16.5. The SMILES string of the molecule is COc1ccc(CNc2ccccc2OCCOc2ccccc2)cc1. The summed E-state index contributed by atoms with van der Waals surface area (Å²) in [6.45, 7) is 1.69. The fraction of sp³-hybridized carbons (Fsp3) is 0.182. The van der Waals surface area contributed by atoms with E-state index in [0.717, 1.165) is 22.9 Å². The van der Waals surface area contributed by atoms with Crippen LogP contribution in [0.5, 0.6) is 17.2 Å². The van der Waals surface area contributed by atoms with Gasteiger partial charge in [-0.2, -0.15) is 0 Å². The monoisotopic (exact) mass is 349 g/mol. The van der Waals surface area contributed by atoms with Gasteiger partial charge in [0, 0.05) is 6.54 Å². The summed E-state index contributed by atoms with van der Waals surface area (Å²) < 4.78 is 16.7. The first-order chi connectivity index (χ1) is 12.8. The van der Waals surface area contributed by atoms with Gasteiger partial charge >= 0.3 is 0 Å². The van der Waals surface area contributed by atoms with Crippen LogP contribution in [0.2, 0.25) is 0 Å². The smallest absolute Gasteiger partial charge is 0.142 e. The Balaban J connectivity index is 1.50. The third-order valence-corrected chi connectivity index (χ3v) is 3.88. The highest BCUT2D eigenvalue weighted by Gasteiger charge is 2.03. The minimum atomic E-state index is 0.482. The number of ether oxygens (including phenoxy) is 3. The summed E-state index contributed by atoms with van der Waals surface area (Å²) in [5.74, 6) is 2.52. The van der Waals surface area contributed by atoms with Crippen LogP contribution >= 0.6 is 0 Å². The van der Waals surface area contributed by atoms with Gasteiger partial charge in [-0.15, -0.1) is 0 Å². The number of benzene rings is 3. The van der Waals surface area contributed by atoms with E-state index < -0.39 is 0 Å². The van der Waals surface area contributed by atoms with E-state index in [4.69, 9.17) is 14.2 Å². The van der Waals surface area contributed by atoms with Crippen molar-refractivity contribution in [1.29, 1.82) is 0 Å². The molecule has 3 aromatic carbocycles. The van der Waals surface area contributed by atoms with Crippen molar-refractivity contribution >= 4 is 5.69 Å². The number of methoxy groups -OCH3 is 1. The molecule has 0 aliphatic heterocycles. The van der Waals surface area contributed by atoms with Gasteiger partial charge in [0.2, 0.25) is 0 Å². The Labute approximate surface area is 154 Å². The van der Waals surface area contributed by atoms with Crippen LogP contribution in [0.1, 0.15) is 5.56 Å². The molecule has 0 radical (unpaired) electrons. The zero-order valence-corrected chi connectivity index (χ0v) is 14.9. The second kappa shape index (κ2) is 9.37. The molecule has 0 aliphatic carbocycles. The second-order valence-electron chi connectivity index (χ2n) is 5.71. The molecule has 0 saturated heterocycles. The first-order valence-corrected chi connectivity index (χ1v) is 8.61. The maximum Gasteiger partial charge on any atom is 0.142 e. The normalized spacial score (nSPS) is 10.2. The Morgan fingerprint density at radius 2 is 1.38 bits per heavy atom. The molecular weight excluding hydrogens is 326 g/mol. The molecule has 1 N–H and O–H groups in total. The Kier molecular flexibility index (Phi) is 6.37. The van der Waals surface area contributed by atoms with E-state index >= 15 is 0 Å². The maximum atomic E-state index is 5.88. The van der Waals surface area contributed by atoms with Crippen molar-refractivity contribution in [2.45, 2.75) is 6.54 Å². The third-order valence-electron chi connectivity index (χ3n) is 3.88. The van der Waals surface area contributed by atoms with Crippen molar-refractivity contribution in [2.75, 3.05) is 25.6 Å². The summed E-state index contributed by atoms with van der Waals surface area (Å²) in [7, 11) is 1.67. The minimum absolute atomic E-state index is 0.482. The van der Waals surface area contributed by atoms with Gasteiger partial charge in [0.25, 0.3) is 0 Å². The van der Waals surface area contributed by atoms with Crippen molar-refractivity contribution in [3.8, 4) is 17.2 Å². The number of anilines is 1. The van der Waals surface area contributed by atoms with Gasteiger partial charge < -0.3 is 19.5 Å². The van der Waals surface area contributed by atoms with Crippen LogP contribution in [0.15, 0.2) is 78.9 Å². The summed E-state index contributed by atoms with van der Waals surface area (Å²) in [6.07, 6.45) is 0. The quantitative estimate of drug-likeness (QED) is 0.565. The highest BCUT2D eigenvalue weighted by Crippen LogP contribution is 2.24. The highest BCUT2D eigenvalue weighted by molar-refractivity contribution is 5.56. The number of hydrogen-bond acceptors (Lipinski definition) is 4. The lowest BCUT2D eigenvalue weighted by molar-refractivity contribution is 0.218. The number of para-hydroxylation sites is 3. The van der Waals surface area contributed by atoms with Crippen LogP contribution in [-0.4, -0.2) is 20.3 Å². The molecule has 0 bridgehead atoms. The van der Waals surface area contributed by atoms with Gasteiger partial charge in [0.05, 0.1) is 12.8 Å². The van der Waals surface area contributed by atoms with Gasteiger partial charge in [-0.3, -0.25) is 0 Å². The predicted octanol–water partition coefficient (Wildman–Crippen LogP) is 4.77. The molecule has 0 amide bonds. The lowest BCUT2D eigenvalue weighted by Gasteiger charge is -2.14. The maximum absolute atomic E-state index is 5.88. The van der Waals surface area contributed by atoms with E-state index in [1.807, 2.05) is 78.9 Å². The summed E-state index contributed by atoms with van der Waals surface area (Å²) in [5.41, 5.74) is 2.14. The molecular formula is C22H23NO3. The minimum Gasteiger partial charge on any atom is -0.497 e. The molecule has 4 heteroatoms. The molecule has 0 aromatic heterocycles. The summed E-state index contributed by atoms with van der Waals surface area (Å²) >= 11 is 0. The van der Waals surface area contributed by atoms with Gasteiger partial charge in [0.1, 0.15) is 30.5 Å². The Morgan fingerprint density at radius 1 is 0.692 bits per heavy atom. The first-order valence-electron chi connectivity index (χ1n) is 8.61. The summed E-state index contributed by atoms with van der Waals surface area (Å²) in [6, 6.07) is 25.7. The predicted molar refractivity (Wildman–Crippen MR) is 104 cm³/mol. The first kappa shape index (κ1) is 17.7. The van der Waals surface area contributed by atoms with E-state index in [0.29, 0.717) is 19.8 Å². The fourth-order valence-electron chi connectivity index (χ4n) is 2.51. The molecule has 0 spiro atoms. The van der Waals surface area contributed by atoms with Crippen LogP contribution in [0.3, 0.4) is 0 Å². The molecule has 0 fully saturated rings. The Hall–Kier alpha value is -3.14. The summed E-state index contributed by atoms with van der Waals surface area (Å²) in [4.78, 5) is 0. The van der Waals surface area contributed by atoms with E-state index in [9.17, 15) is 0 Å². The molecule has 26 heavy (non-hydrogen) atoms. The van der Waals surface area contributed by atoms with E-state index in [-0.39, 0.29) is 0 Å². The van der Waals surface area contributed by atoms with Crippen molar-refractivity contribution in [3.05, 3.63) is 84.4 Å². The van der Waals surface area contributed by atoms with Gasteiger partial charge in [-0.25, -0.2) is 0 Å². The molecule has 3 aromatic rings. The Bertz CT molecular complexity index is 788. The van der Waals surface area contributed by atoms with Gasteiger partial charge in [-0.1, -0.05) is 42.5 Å². The average Bonchev–Trinajstić information content (AvgIpc) is 2.71. The van der Waals surface area contributed by atoms with E-state index in [1.54, 1.807) is 7.11 Å². The zero-order chi connectivity index (χ0) is 18.0. The van der Waals surface area contributed by atoms with Crippen LogP contribution in [0, 0.1) is 0 Å². The van der Waals surface area contributed by atoms with Crippen molar-refractivity contribution in [3.63, 3.8) is 0 Å². The number of hydrogen-bond donors (Lipinski definition) is 1. The molecule has 134 valence electrons. The van der Waals surface area contributed by atoms with Crippen LogP contribution in [0.4, 0.5) is 5.69 Å². The zero-order valence-electron chi connectivity index (χ0n) is 14.9. The molecule has 0 aliphatic rings. The standard InChI is InChI=1S/C22H23NO3/c1-24-19-13-11-18(12-14-19)17-23-21-9-5-6-10-22(21)26-16-15-25-20-7-3-2-4-8-20/h2-14,23H,15-17H2,1H3. The van der Waals surface area contributed by atoms with Crippen LogP contribution in [0.25, 0.3) is 0 Å². The van der Waals surface area contributed by atoms with Crippen molar-refractivity contribution in [1.82, 2.24) is 0 Å². The van der Waals surface area contributed by atoms with Crippen molar-refractivity contribution < 1.29 is 14.2 Å². The van der Waals surface area contributed by atoms with Gasteiger partial charge in [-0.05, 0) is 42.0 Å². The topological polar surface area (TPSA) is 39.7 Å². The Morgan fingerprint density at radius 3 is 2.15 bits per heavy atom. The van der Waals surface area contributed by atoms with E-state index in [1.165, 1.54) is 5.56 Å². The average molecular weight is 349 g/mol.